The highest BCUT2D eigenvalue weighted by Gasteiger charge is 2.19. The second-order valence-corrected chi connectivity index (χ2v) is 7.48. The lowest BCUT2D eigenvalue weighted by Gasteiger charge is -2.08. The second-order valence-electron chi connectivity index (χ2n) is 4.18. The Morgan fingerprint density at radius 2 is 1.83 bits per heavy atom. The molecule has 18 heavy (non-hydrogen) atoms. The van der Waals surface area contributed by atoms with E-state index in [0.29, 0.717) is 4.90 Å². The molecule has 0 amide bonds. The number of H-pyrrole nitrogens is 1. The zero-order valence-electron chi connectivity index (χ0n) is 10.0. The Kier molecular flexibility index (Phi) is 3.59. The van der Waals surface area contributed by atoms with Crippen LogP contribution in [0.4, 0.5) is 0 Å². The van der Waals surface area contributed by atoms with Crippen LogP contribution in [-0.2, 0) is 9.84 Å². The fourth-order valence-corrected chi connectivity index (χ4v) is 3.05. The topological polar surface area (TPSA) is 62.8 Å². The molecule has 0 spiro atoms. The Morgan fingerprint density at radius 1 is 1.22 bits per heavy atom. The van der Waals surface area contributed by atoms with Gasteiger partial charge in [-0.05, 0) is 41.9 Å². The first-order valence-corrected chi connectivity index (χ1v) is 7.80. The minimum Gasteiger partial charge on any atom is -0.339 e. The molecule has 1 heterocycles. The summed E-state index contributed by atoms with van der Waals surface area (Å²) in [7, 11) is -3.21. The Bertz CT molecular complexity index is 645. The molecule has 1 aromatic heterocycles. The van der Waals surface area contributed by atoms with Gasteiger partial charge in [0.15, 0.2) is 9.84 Å². The van der Waals surface area contributed by atoms with Gasteiger partial charge in [0.1, 0.15) is 10.3 Å². The van der Waals surface area contributed by atoms with Gasteiger partial charge in [0.05, 0.1) is 16.5 Å². The maximum atomic E-state index is 12.0. The smallest absolute Gasteiger partial charge is 0.180 e. The third-order valence-electron chi connectivity index (χ3n) is 2.67. The van der Waals surface area contributed by atoms with Gasteiger partial charge in [0.25, 0.3) is 0 Å². The molecule has 0 saturated carbocycles. The number of nitrogens with zero attached hydrogens (tertiary/aromatic N) is 1. The molecular formula is C12H13BrN2O2S. The van der Waals surface area contributed by atoms with Crippen molar-refractivity contribution in [3.8, 4) is 11.3 Å². The van der Waals surface area contributed by atoms with Crippen molar-refractivity contribution in [3.63, 3.8) is 0 Å². The Balaban J connectivity index is 2.41. The number of halogens is 1. The van der Waals surface area contributed by atoms with Crippen molar-refractivity contribution in [2.45, 2.75) is 24.0 Å². The number of hydrogen-bond acceptors (Lipinski definition) is 3. The van der Waals surface area contributed by atoms with Gasteiger partial charge in [0.2, 0.25) is 0 Å². The summed E-state index contributed by atoms with van der Waals surface area (Å²) in [4.78, 5) is 7.42. The lowest BCUT2D eigenvalue weighted by atomic mass is 10.2. The van der Waals surface area contributed by atoms with Gasteiger partial charge < -0.3 is 4.98 Å². The first-order chi connectivity index (χ1) is 8.43. The van der Waals surface area contributed by atoms with Crippen LogP contribution < -0.4 is 0 Å². The van der Waals surface area contributed by atoms with Crippen molar-refractivity contribution >= 4 is 25.8 Å². The summed E-state index contributed by atoms with van der Waals surface area (Å²) < 4.78 is 24.7. The van der Waals surface area contributed by atoms with Crippen LogP contribution in [0.5, 0.6) is 0 Å². The molecule has 2 aromatic rings. The van der Waals surface area contributed by atoms with Crippen LogP contribution in [0.15, 0.2) is 40.1 Å². The summed E-state index contributed by atoms with van der Waals surface area (Å²) in [5.74, 6) is 0. The monoisotopic (exact) mass is 328 g/mol. The van der Waals surface area contributed by atoms with E-state index >= 15 is 0 Å². The molecule has 1 N–H and O–H groups in total. The predicted molar refractivity (Wildman–Crippen MR) is 74.0 cm³/mol. The van der Waals surface area contributed by atoms with Crippen LogP contribution in [0, 0.1) is 0 Å². The van der Waals surface area contributed by atoms with Crippen LogP contribution in [0.3, 0.4) is 0 Å². The van der Waals surface area contributed by atoms with E-state index < -0.39 is 15.1 Å². The minimum atomic E-state index is -3.21. The van der Waals surface area contributed by atoms with Crippen molar-refractivity contribution in [2.75, 3.05) is 0 Å². The summed E-state index contributed by atoms with van der Waals surface area (Å²) in [6.07, 6.45) is 1.58. The lowest BCUT2D eigenvalue weighted by molar-refractivity contribution is 0.587. The van der Waals surface area contributed by atoms with E-state index in [9.17, 15) is 8.42 Å². The van der Waals surface area contributed by atoms with Crippen LogP contribution in [-0.4, -0.2) is 23.6 Å². The van der Waals surface area contributed by atoms with E-state index in [1.54, 1.807) is 44.4 Å². The molecule has 0 aliphatic heterocycles. The average Bonchev–Trinajstić information content (AvgIpc) is 2.75. The number of sulfone groups is 1. The van der Waals surface area contributed by atoms with Gasteiger partial charge in [-0.1, -0.05) is 12.1 Å². The minimum absolute atomic E-state index is 0.341. The zero-order valence-corrected chi connectivity index (χ0v) is 12.4. The molecule has 0 bridgehead atoms. The molecule has 0 radical (unpaired) electrons. The predicted octanol–water partition coefficient (Wildman–Crippen LogP) is 3.02. The van der Waals surface area contributed by atoms with Gasteiger partial charge >= 0.3 is 0 Å². The fourth-order valence-electron chi connectivity index (χ4n) is 1.55. The van der Waals surface area contributed by atoms with Crippen molar-refractivity contribution in [2.24, 2.45) is 0 Å². The summed E-state index contributed by atoms with van der Waals surface area (Å²) in [6, 6.07) is 6.75. The molecule has 0 saturated heterocycles. The van der Waals surface area contributed by atoms with E-state index in [-0.39, 0.29) is 0 Å². The molecule has 0 fully saturated rings. The maximum Gasteiger partial charge on any atom is 0.180 e. The standard InChI is InChI=1S/C12H13BrN2O2S/c1-8(2)18(16,17)10-5-3-9(4-6-10)11-12(13)15-7-14-11/h3-8H,1-2H3,(H,14,15). The van der Waals surface area contributed by atoms with Crippen LogP contribution >= 0.6 is 15.9 Å². The first-order valence-electron chi connectivity index (χ1n) is 5.46. The highest BCUT2D eigenvalue weighted by Crippen LogP contribution is 2.26. The normalized spacial score (nSPS) is 12.0. The summed E-state index contributed by atoms with van der Waals surface area (Å²) >= 11 is 3.35. The van der Waals surface area contributed by atoms with Crippen molar-refractivity contribution in [1.82, 2.24) is 9.97 Å². The second kappa shape index (κ2) is 4.85. The largest absolute Gasteiger partial charge is 0.339 e. The SMILES string of the molecule is CC(C)S(=O)(=O)c1ccc(-c2nc[nH]c2Br)cc1. The molecule has 6 heteroatoms. The van der Waals surface area contributed by atoms with Crippen LogP contribution in [0.2, 0.25) is 0 Å². The highest BCUT2D eigenvalue weighted by atomic mass is 79.9. The molecular weight excluding hydrogens is 316 g/mol. The molecule has 2 rings (SSSR count). The number of nitrogens with one attached hydrogen (secondary N) is 1. The Labute approximate surface area is 115 Å². The van der Waals surface area contributed by atoms with Crippen LogP contribution in [0.25, 0.3) is 11.3 Å². The molecule has 0 atom stereocenters. The van der Waals surface area contributed by atoms with Crippen molar-refractivity contribution in [3.05, 3.63) is 35.2 Å². The van der Waals surface area contributed by atoms with Gasteiger partial charge in [-0.25, -0.2) is 13.4 Å². The molecule has 1 aromatic carbocycles. The highest BCUT2D eigenvalue weighted by molar-refractivity contribution is 9.10. The van der Waals surface area contributed by atoms with Gasteiger partial charge in [-0.2, -0.15) is 0 Å². The van der Waals surface area contributed by atoms with E-state index in [1.165, 1.54) is 0 Å². The van der Waals surface area contributed by atoms with Crippen molar-refractivity contribution in [1.29, 1.82) is 0 Å². The van der Waals surface area contributed by atoms with E-state index in [0.717, 1.165) is 15.9 Å². The quantitative estimate of drug-likeness (QED) is 0.941. The van der Waals surface area contributed by atoms with Gasteiger partial charge in [-0.15, -0.1) is 0 Å². The number of benzene rings is 1. The summed E-state index contributed by atoms with van der Waals surface area (Å²) in [5, 5.41) is -0.416. The first kappa shape index (κ1) is 13.3. The van der Waals surface area contributed by atoms with Crippen LogP contribution in [0.1, 0.15) is 13.8 Å². The molecule has 96 valence electrons. The Morgan fingerprint density at radius 3 is 2.28 bits per heavy atom. The number of aromatic amines is 1. The third-order valence-corrected chi connectivity index (χ3v) is 5.44. The number of imidazole rings is 1. The molecule has 0 aliphatic carbocycles. The average molecular weight is 329 g/mol. The summed E-state index contributed by atoms with van der Waals surface area (Å²) in [6.45, 7) is 3.35. The zero-order chi connectivity index (χ0) is 13.3. The number of rotatable bonds is 3. The maximum absolute atomic E-state index is 12.0. The fraction of sp³-hybridized carbons (Fsp3) is 0.250. The number of aromatic nitrogens is 2. The lowest BCUT2D eigenvalue weighted by Crippen LogP contribution is -2.13. The van der Waals surface area contributed by atoms with E-state index in [4.69, 9.17) is 0 Å². The van der Waals surface area contributed by atoms with E-state index in [2.05, 4.69) is 25.9 Å². The third kappa shape index (κ3) is 2.35. The molecule has 0 aliphatic rings. The van der Waals surface area contributed by atoms with Crippen molar-refractivity contribution < 1.29 is 8.42 Å². The van der Waals surface area contributed by atoms with Gasteiger partial charge in [-0.3, -0.25) is 0 Å². The molecule has 0 unspecified atom stereocenters. The van der Waals surface area contributed by atoms with Gasteiger partial charge in [0, 0.05) is 5.56 Å². The molecule has 4 nitrogen and oxygen atoms in total. The number of hydrogen-bond donors (Lipinski definition) is 1. The Hall–Kier alpha value is -1.14. The summed E-state index contributed by atoms with van der Waals surface area (Å²) in [5.41, 5.74) is 1.63. The van der Waals surface area contributed by atoms with E-state index in [1.807, 2.05) is 0 Å².